The van der Waals surface area contributed by atoms with E-state index in [0.717, 1.165) is 28.7 Å². The molecule has 0 spiro atoms. The molecule has 4 nitrogen and oxygen atoms in total. The van der Waals surface area contributed by atoms with Crippen LogP contribution in [0, 0.1) is 0 Å². The Bertz CT molecular complexity index is 945. The van der Waals surface area contributed by atoms with E-state index in [1.54, 1.807) is 19.2 Å². The van der Waals surface area contributed by atoms with Crippen molar-refractivity contribution in [1.29, 1.82) is 0 Å². The molecule has 2 aromatic carbocycles. The van der Waals surface area contributed by atoms with E-state index >= 15 is 0 Å². The summed E-state index contributed by atoms with van der Waals surface area (Å²) in [4.78, 5) is 0.0999. The second-order valence-electron chi connectivity index (χ2n) is 5.39. The molecule has 0 heterocycles. The minimum atomic E-state index is -3.69. The maximum atomic E-state index is 11.4. The Morgan fingerprint density at radius 3 is 2.12 bits per heavy atom. The van der Waals surface area contributed by atoms with Crippen LogP contribution in [0.2, 0.25) is 5.02 Å². The Morgan fingerprint density at radius 2 is 1.58 bits per heavy atom. The second kappa shape index (κ2) is 6.43. The lowest BCUT2D eigenvalue weighted by molar-refractivity contribution is 0.415. The van der Waals surface area contributed by atoms with Gasteiger partial charge in [0.1, 0.15) is 5.75 Å². The van der Waals surface area contributed by atoms with Gasteiger partial charge >= 0.3 is 0 Å². The summed E-state index contributed by atoms with van der Waals surface area (Å²) < 4.78 is 27.9. The Morgan fingerprint density at radius 1 is 1.00 bits per heavy atom. The molecule has 1 aliphatic rings. The summed E-state index contributed by atoms with van der Waals surface area (Å²) in [5.41, 5.74) is 4.01. The molecule has 0 amide bonds. The van der Waals surface area contributed by atoms with Gasteiger partial charge in [-0.3, -0.25) is 0 Å². The first-order valence-corrected chi connectivity index (χ1v) is 9.20. The number of methoxy groups -OCH3 is 1. The molecule has 0 fully saturated rings. The minimum Gasteiger partial charge on any atom is -0.495 e. The largest absolute Gasteiger partial charge is 0.495 e. The number of hydrogen-bond acceptors (Lipinski definition) is 3. The first-order chi connectivity index (χ1) is 11.4. The van der Waals surface area contributed by atoms with Gasteiger partial charge in [0.15, 0.2) is 0 Å². The number of halogens is 1. The molecule has 0 saturated carbocycles. The van der Waals surface area contributed by atoms with Gasteiger partial charge in [-0.25, -0.2) is 13.6 Å². The van der Waals surface area contributed by atoms with E-state index in [4.69, 9.17) is 21.5 Å². The van der Waals surface area contributed by atoms with Crippen molar-refractivity contribution in [1.82, 2.24) is 0 Å². The maximum Gasteiger partial charge on any atom is 0.238 e. The van der Waals surface area contributed by atoms with Gasteiger partial charge in [-0.1, -0.05) is 42.0 Å². The average molecular weight is 362 g/mol. The van der Waals surface area contributed by atoms with Crippen molar-refractivity contribution in [2.75, 3.05) is 7.11 Å². The number of hydrogen-bond donors (Lipinski definition) is 1. The molecule has 0 radical (unpaired) electrons. The predicted octanol–water partition coefficient (Wildman–Crippen LogP) is 3.87. The molecule has 0 unspecified atom stereocenters. The van der Waals surface area contributed by atoms with Crippen LogP contribution in [0.1, 0.15) is 17.5 Å². The molecule has 0 saturated heterocycles. The number of primary sulfonamides is 1. The monoisotopic (exact) mass is 361 g/mol. The summed E-state index contributed by atoms with van der Waals surface area (Å²) in [6.07, 6.45) is 5.02. The molecule has 0 aliphatic heterocycles. The van der Waals surface area contributed by atoms with E-state index in [-0.39, 0.29) is 4.90 Å². The molecule has 6 heteroatoms. The van der Waals surface area contributed by atoms with Crippen LogP contribution in [0.3, 0.4) is 0 Å². The second-order valence-corrected chi connectivity index (χ2v) is 7.36. The average Bonchev–Trinajstić information content (AvgIpc) is 3.03. The summed E-state index contributed by atoms with van der Waals surface area (Å²) in [6, 6.07) is 12.2. The summed E-state index contributed by atoms with van der Waals surface area (Å²) in [5, 5.41) is 5.69. The normalized spacial score (nSPS) is 14.3. The number of sulfonamides is 1. The number of benzene rings is 2. The molecule has 0 aromatic heterocycles. The molecular weight excluding hydrogens is 346 g/mol. The van der Waals surface area contributed by atoms with Crippen molar-refractivity contribution in [3.63, 3.8) is 0 Å². The molecule has 24 heavy (non-hydrogen) atoms. The van der Waals surface area contributed by atoms with Gasteiger partial charge in [0.05, 0.1) is 17.0 Å². The van der Waals surface area contributed by atoms with E-state index in [1.165, 1.54) is 12.1 Å². The van der Waals surface area contributed by atoms with Crippen molar-refractivity contribution in [3.8, 4) is 5.75 Å². The third kappa shape index (κ3) is 3.24. The number of ether oxygens (including phenoxy) is 1. The van der Waals surface area contributed by atoms with Crippen LogP contribution in [0.5, 0.6) is 5.75 Å². The van der Waals surface area contributed by atoms with Crippen LogP contribution in [0.15, 0.2) is 59.5 Å². The highest BCUT2D eigenvalue weighted by atomic mass is 35.5. The minimum absolute atomic E-state index is 0.0999. The van der Waals surface area contributed by atoms with Gasteiger partial charge in [0.25, 0.3) is 0 Å². The van der Waals surface area contributed by atoms with Crippen molar-refractivity contribution >= 4 is 32.8 Å². The fraction of sp³-hybridized carbons (Fsp3) is 0.111. The summed E-state index contributed by atoms with van der Waals surface area (Å²) in [7, 11) is -2.11. The Kier molecular flexibility index (Phi) is 4.49. The first kappa shape index (κ1) is 16.8. The van der Waals surface area contributed by atoms with Gasteiger partial charge in [0, 0.05) is 0 Å². The predicted molar refractivity (Wildman–Crippen MR) is 96.4 cm³/mol. The van der Waals surface area contributed by atoms with Crippen molar-refractivity contribution < 1.29 is 13.2 Å². The Balaban J connectivity index is 1.95. The van der Waals surface area contributed by atoms with Crippen molar-refractivity contribution in [3.05, 3.63) is 70.8 Å². The van der Waals surface area contributed by atoms with E-state index in [0.29, 0.717) is 10.8 Å². The van der Waals surface area contributed by atoms with Crippen LogP contribution >= 0.6 is 11.6 Å². The molecule has 2 aromatic rings. The lowest BCUT2D eigenvalue weighted by Gasteiger charge is -2.12. The number of nitrogens with two attached hydrogens (primary N) is 1. The summed E-state index contributed by atoms with van der Waals surface area (Å²) in [5.74, 6) is 0.627. The van der Waals surface area contributed by atoms with E-state index in [9.17, 15) is 8.42 Å². The topological polar surface area (TPSA) is 69.4 Å². The van der Waals surface area contributed by atoms with Gasteiger partial charge in [0.2, 0.25) is 10.0 Å². The fourth-order valence-corrected chi connectivity index (χ4v) is 3.49. The highest BCUT2D eigenvalue weighted by Gasteiger charge is 2.16. The number of allylic oxidation sites excluding steroid dienone is 4. The summed E-state index contributed by atoms with van der Waals surface area (Å²) in [6.45, 7) is 0. The summed E-state index contributed by atoms with van der Waals surface area (Å²) >= 11 is 6.22. The zero-order valence-electron chi connectivity index (χ0n) is 13.0. The van der Waals surface area contributed by atoms with E-state index in [1.807, 2.05) is 18.2 Å². The third-order valence-corrected chi connectivity index (χ3v) is 5.12. The van der Waals surface area contributed by atoms with Crippen LogP contribution < -0.4 is 9.88 Å². The molecule has 1 aliphatic carbocycles. The zero-order chi connectivity index (χ0) is 17.3. The SMILES string of the molecule is COc1ccc(C2=CCC=C2c2ccc(S(N)(=O)=O)cc2)cc1Cl. The van der Waals surface area contributed by atoms with Crippen molar-refractivity contribution in [2.45, 2.75) is 11.3 Å². The molecule has 2 N–H and O–H groups in total. The van der Waals surface area contributed by atoms with Crippen LogP contribution in [0.4, 0.5) is 0 Å². The Hall–Kier alpha value is -2.08. The highest BCUT2D eigenvalue weighted by Crippen LogP contribution is 2.38. The molecule has 0 bridgehead atoms. The highest BCUT2D eigenvalue weighted by molar-refractivity contribution is 7.89. The van der Waals surface area contributed by atoms with Crippen LogP contribution in [0.25, 0.3) is 11.1 Å². The smallest absolute Gasteiger partial charge is 0.238 e. The standard InChI is InChI=1S/C18H16ClNO3S/c1-23-18-10-7-13(11-17(18)19)16-4-2-3-15(16)12-5-8-14(9-6-12)24(20,21)22/h3-11H,2H2,1H3,(H2,20,21,22). The molecular formula is C18H16ClNO3S. The molecule has 124 valence electrons. The first-order valence-electron chi connectivity index (χ1n) is 7.28. The van der Waals surface area contributed by atoms with Crippen LogP contribution in [-0.2, 0) is 10.0 Å². The lowest BCUT2D eigenvalue weighted by Crippen LogP contribution is -2.11. The molecule has 3 rings (SSSR count). The van der Waals surface area contributed by atoms with Gasteiger partial charge in [-0.15, -0.1) is 0 Å². The van der Waals surface area contributed by atoms with Gasteiger partial charge < -0.3 is 4.74 Å². The molecule has 0 atom stereocenters. The van der Waals surface area contributed by atoms with E-state index in [2.05, 4.69) is 12.2 Å². The third-order valence-electron chi connectivity index (χ3n) is 3.89. The fourth-order valence-electron chi connectivity index (χ4n) is 2.72. The van der Waals surface area contributed by atoms with Gasteiger partial charge in [-0.05, 0) is 53.0 Å². The maximum absolute atomic E-state index is 11.4. The van der Waals surface area contributed by atoms with Crippen LogP contribution in [-0.4, -0.2) is 15.5 Å². The van der Waals surface area contributed by atoms with Gasteiger partial charge in [-0.2, -0.15) is 0 Å². The number of rotatable bonds is 4. The van der Waals surface area contributed by atoms with E-state index < -0.39 is 10.0 Å². The Labute approximate surface area is 146 Å². The lowest BCUT2D eigenvalue weighted by atomic mass is 9.95. The quantitative estimate of drug-likeness (QED) is 0.898. The van der Waals surface area contributed by atoms with Crippen molar-refractivity contribution in [2.24, 2.45) is 5.14 Å². The zero-order valence-corrected chi connectivity index (χ0v) is 14.6.